The molecule has 3 amide bonds. The number of nitrogens with zero attached hydrogens (tertiary/aromatic N) is 2. The van der Waals surface area contributed by atoms with Crippen LogP contribution in [-0.2, 0) is 36.8 Å². The van der Waals surface area contributed by atoms with Crippen LogP contribution in [0.1, 0.15) is 36.9 Å². The molecule has 3 aromatic rings. The molecule has 2 heterocycles. The molecule has 45 heavy (non-hydrogen) atoms. The van der Waals surface area contributed by atoms with E-state index in [0.717, 1.165) is 10.9 Å². The molecule has 0 saturated heterocycles. The van der Waals surface area contributed by atoms with E-state index in [9.17, 15) is 34.2 Å². The largest absolute Gasteiger partial charge is 0.481 e. The highest BCUT2D eigenvalue weighted by Gasteiger charge is 2.31. The maximum Gasteiger partial charge on any atom is 0.326 e. The predicted molar refractivity (Wildman–Crippen MR) is 162 cm³/mol. The predicted octanol–water partition coefficient (Wildman–Crippen LogP) is -1.54. The summed E-state index contributed by atoms with van der Waals surface area (Å²) in [5.74, 6) is -5.04. The van der Waals surface area contributed by atoms with Gasteiger partial charge in [0.2, 0.25) is 17.7 Å². The van der Waals surface area contributed by atoms with Gasteiger partial charge in [-0.3, -0.25) is 24.2 Å². The zero-order chi connectivity index (χ0) is 32.9. The topological polar surface area (TPSA) is 297 Å². The molecular formula is C28H38N10O7. The summed E-state index contributed by atoms with van der Waals surface area (Å²) in [5.41, 5.74) is 18.6. The van der Waals surface area contributed by atoms with Gasteiger partial charge in [-0.2, -0.15) is 0 Å². The van der Waals surface area contributed by atoms with Gasteiger partial charge in [0, 0.05) is 54.8 Å². The second kappa shape index (κ2) is 16.4. The monoisotopic (exact) mass is 626 g/mol. The molecule has 13 N–H and O–H groups in total. The fourth-order valence-electron chi connectivity index (χ4n) is 4.58. The average Bonchev–Trinajstić information content (AvgIpc) is 3.65. The number of hydrogen-bond acceptors (Lipinski definition) is 8. The van der Waals surface area contributed by atoms with Gasteiger partial charge in [0.05, 0.1) is 12.4 Å². The lowest BCUT2D eigenvalue weighted by Gasteiger charge is -2.25. The molecule has 0 aliphatic heterocycles. The summed E-state index contributed by atoms with van der Waals surface area (Å²) in [6.07, 6.45) is 4.07. The molecule has 17 nitrogen and oxygen atoms in total. The number of nitrogens with two attached hydrogens (primary N) is 3. The van der Waals surface area contributed by atoms with Crippen LogP contribution in [0, 0.1) is 0 Å². The van der Waals surface area contributed by atoms with Crippen molar-refractivity contribution in [1.29, 1.82) is 0 Å². The Morgan fingerprint density at radius 3 is 2.24 bits per heavy atom. The zero-order valence-corrected chi connectivity index (χ0v) is 24.4. The van der Waals surface area contributed by atoms with Crippen molar-refractivity contribution in [2.24, 2.45) is 22.2 Å². The van der Waals surface area contributed by atoms with Crippen molar-refractivity contribution in [2.45, 2.75) is 62.7 Å². The van der Waals surface area contributed by atoms with Crippen molar-refractivity contribution in [3.05, 3.63) is 54.2 Å². The van der Waals surface area contributed by atoms with Crippen LogP contribution >= 0.6 is 0 Å². The highest BCUT2D eigenvalue weighted by atomic mass is 16.4. The number of rotatable bonds is 18. The number of aromatic amines is 2. The molecule has 242 valence electrons. The molecule has 4 atom stereocenters. The van der Waals surface area contributed by atoms with E-state index in [1.54, 1.807) is 12.3 Å². The van der Waals surface area contributed by atoms with Crippen LogP contribution in [0.2, 0.25) is 0 Å². The van der Waals surface area contributed by atoms with Crippen LogP contribution in [0.25, 0.3) is 10.9 Å². The van der Waals surface area contributed by atoms with Gasteiger partial charge in [0.15, 0.2) is 5.96 Å². The van der Waals surface area contributed by atoms with Crippen molar-refractivity contribution in [3.8, 4) is 0 Å². The zero-order valence-electron chi connectivity index (χ0n) is 24.4. The highest BCUT2D eigenvalue weighted by molar-refractivity contribution is 5.95. The number of carbonyl (C=O) groups is 5. The van der Waals surface area contributed by atoms with Crippen molar-refractivity contribution in [2.75, 3.05) is 6.54 Å². The van der Waals surface area contributed by atoms with Crippen LogP contribution < -0.4 is 33.2 Å². The maximum atomic E-state index is 13.5. The number of carboxylic acid groups (broad SMARTS) is 2. The van der Waals surface area contributed by atoms with Gasteiger partial charge in [-0.1, -0.05) is 18.2 Å². The first-order chi connectivity index (χ1) is 21.4. The molecule has 0 bridgehead atoms. The lowest BCUT2D eigenvalue weighted by Crippen LogP contribution is -2.57. The number of aliphatic carboxylic acids is 2. The number of nitrogens with one attached hydrogen (secondary N) is 5. The Kier molecular flexibility index (Phi) is 12.4. The minimum atomic E-state index is -1.37. The Morgan fingerprint density at radius 1 is 0.889 bits per heavy atom. The Bertz CT molecular complexity index is 1500. The molecule has 0 saturated carbocycles. The van der Waals surface area contributed by atoms with E-state index in [1.807, 2.05) is 18.2 Å². The molecular weight excluding hydrogens is 588 g/mol. The van der Waals surface area contributed by atoms with E-state index >= 15 is 0 Å². The molecule has 17 heteroatoms. The normalized spacial score (nSPS) is 13.6. The molecule has 2 aromatic heterocycles. The minimum Gasteiger partial charge on any atom is -0.481 e. The number of carbonyl (C=O) groups excluding carboxylic acids is 3. The van der Waals surface area contributed by atoms with Gasteiger partial charge in [-0.15, -0.1) is 0 Å². The van der Waals surface area contributed by atoms with Gasteiger partial charge in [0.25, 0.3) is 0 Å². The van der Waals surface area contributed by atoms with Gasteiger partial charge in [-0.25, -0.2) is 9.78 Å². The summed E-state index contributed by atoms with van der Waals surface area (Å²) in [4.78, 5) is 76.8. The highest BCUT2D eigenvalue weighted by Crippen LogP contribution is 2.19. The molecule has 3 rings (SSSR count). The first-order valence-electron chi connectivity index (χ1n) is 14.1. The molecule has 0 radical (unpaired) electrons. The number of benzene rings is 1. The Morgan fingerprint density at radius 2 is 1.58 bits per heavy atom. The van der Waals surface area contributed by atoms with Crippen LogP contribution in [0.3, 0.4) is 0 Å². The number of aliphatic imine (C=N–C) groups is 1. The Labute approximate surface area is 257 Å². The third-order valence-electron chi connectivity index (χ3n) is 6.90. The lowest BCUT2D eigenvalue weighted by atomic mass is 10.0. The number of guanidine groups is 1. The second-order valence-corrected chi connectivity index (χ2v) is 10.4. The second-order valence-electron chi connectivity index (χ2n) is 10.4. The summed E-state index contributed by atoms with van der Waals surface area (Å²) < 4.78 is 0. The molecule has 0 aliphatic carbocycles. The number of para-hydroxylation sites is 1. The third-order valence-corrected chi connectivity index (χ3v) is 6.90. The van der Waals surface area contributed by atoms with E-state index in [-0.39, 0.29) is 44.6 Å². The van der Waals surface area contributed by atoms with Crippen LogP contribution in [-0.4, -0.2) is 91.5 Å². The van der Waals surface area contributed by atoms with Crippen molar-refractivity contribution < 1.29 is 34.2 Å². The summed E-state index contributed by atoms with van der Waals surface area (Å²) in [6.45, 7) is 0.144. The number of H-pyrrole nitrogens is 2. The Hall–Kier alpha value is -5.45. The molecule has 0 spiro atoms. The fourth-order valence-corrected chi connectivity index (χ4v) is 4.58. The quantitative estimate of drug-likeness (QED) is 0.0438. The smallest absolute Gasteiger partial charge is 0.326 e. The number of fused-ring (bicyclic) bond motifs is 1. The van der Waals surface area contributed by atoms with Crippen molar-refractivity contribution in [1.82, 2.24) is 30.9 Å². The first kappa shape index (κ1) is 34.0. The summed E-state index contributed by atoms with van der Waals surface area (Å²) in [6, 6.07) is 2.18. The van der Waals surface area contributed by atoms with Crippen molar-refractivity contribution >= 4 is 46.5 Å². The summed E-state index contributed by atoms with van der Waals surface area (Å²) in [7, 11) is 0. The maximum absolute atomic E-state index is 13.5. The van der Waals surface area contributed by atoms with Gasteiger partial charge >= 0.3 is 11.9 Å². The lowest BCUT2D eigenvalue weighted by molar-refractivity contribution is -0.142. The number of carboxylic acids is 2. The standard InChI is InChI=1S/C28H38N10O7/c29-18(11-16-13-32-14-35-16)24(41)36-20(7-8-23(39)40)25(42)38-22(10-15-12-34-19-5-2-1-4-17(15)19)26(43)37-21(27(44)45)6-3-9-33-28(30)31/h1-2,4-5,12-14,18,20-22,34H,3,6-11,29H2,(H,32,35)(H,36,41)(H,37,43)(H,38,42)(H,39,40)(H,44,45)(H4,30,31,33). The van der Waals surface area contributed by atoms with Crippen LogP contribution in [0.4, 0.5) is 0 Å². The van der Waals surface area contributed by atoms with E-state index in [2.05, 4.69) is 35.9 Å². The number of aromatic nitrogens is 3. The third kappa shape index (κ3) is 10.6. The SMILES string of the molecule is NC(N)=NCCCC(NC(=O)C(Cc1c[nH]c2ccccc12)NC(=O)C(CCC(=O)O)NC(=O)C(N)Cc1cnc[nH]1)C(=O)O. The van der Waals surface area contributed by atoms with E-state index in [4.69, 9.17) is 17.2 Å². The molecule has 0 fully saturated rings. The first-order valence-corrected chi connectivity index (χ1v) is 14.1. The Balaban J connectivity index is 1.81. The number of amides is 3. The van der Waals surface area contributed by atoms with Gasteiger partial charge in [0.1, 0.15) is 18.1 Å². The van der Waals surface area contributed by atoms with E-state index in [0.29, 0.717) is 11.3 Å². The van der Waals surface area contributed by atoms with Gasteiger partial charge < -0.3 is 53.3 Å². The van der Waals surface area contributed by atoms with Gasteiger partial charge in [-0.05, 0) is 30.9 Å². The number of imidazole rings is 1. The average molecular weight is 627 g/mol. The summed E-state index contributed by atoms with van der Waals surface area (Å²) >= 11 is 0. The minimum absolute atomic E-state index is 0.00286. The summed E-state index contributed by atoms with van der Waals surface area (Å²) in [5, 5.41) is 27.3. The fraction of sp³-hybridized carbons (Fsp3) is 0.393. The molecule has 0 aliphatic rings. The molecule has 4 unspecified atom stereocenters. The van der Waals surface area contributed by atoms with E-state index < -0.39 is 60.2 Å². The van der Waals surface area contributed by atoms with E-state index in [1.165, 1.54) is 12.5 Å². The van der Waals surface area contributed by atoms with Crippen LogP contribution in [0.5, 0.6) is 0 Å². The van der Waals surface area contributed by atoms with Crippen molar-refractivity contribution in [3.63, 3.8) is 0 Å². The number of hydrogen-bond donors (Lipinski definition) is 10. The molecule has 1 aromatic carbocycles. The van der Waals surface area contributed by atoms with Crippen LogP contribution in [0.15, 0.2) is 48.0 Å².